The molecule has 0 unspecified atom stereocenters. The number of H-pyrrole nitrogens is 1. The number of hydrogen-bond acceptors (Lipinski definition) is 3. The molecule has 0 spiro atoms. The Bertz CT molecular complexity index is 1100. The van der Waals surface area contributed by atoms with E-state index in [-0.39, 0.29) is 5.91 Å². The molecular formula is C21H19N3O2. The molecule has 2 N–H and O–H groups in total. The van der Waals surface area contributed by atoms with E-state index in [4.69, 9.17) is 4.74 Å². The van der Waals surface area contributed by atoms with E-state index in [2.05, 4.69) is 15.3 Å². The number of carbonyl (C=O) groups excluding carboxylic acids is 1. The van der Waals surface area contributed by atoms with Crippen molar-refractivity contribution in [1.29, 1.82) is 0 Å². The van der Waals surface area contributed by atoms with Crippen LogP contribution in [0.2, 0.25) is 0 Å². The van der Waals surface area contributed by atoms with Crippen molar-refractivity contribution >= 4 is 27.7 Å². The van der Waals surface area contributed by atoms with Gasteiger partial charge in [-0.2, -0.15) is 0 Å². The van der Waals surface area contributed by atoms with Gasteiger partial charge in [-0.3, -0.25) is 4.79 Å². The second kappa shape index (κ2) is 6.52. The first-order valence-corrected chi connectivity index (χ1v) is 8.55. The lowest BCUT2D eigenvalue weighted by Gasteiger charge is -2.08. The summed E-state index contributed by atoms with van der Waals surface area (Å²) in [5.74, 6) is 0.607. The number of carbonyl (C=O) groups is 1. The fourth-order valence-electron chi connectivity index (χ4n) is 3.17. The summed E-state index contributed by atoms with van der Waals surface area (Å²) in [6, 6.07) is 17.6. The van der Waals surface area contributed by atoms with Crippen molar-refractivity contribution in [2.45, 2.75) is 6.92 Å². The lowest BCUT2D eigenvalue weighted by atomic mass is 10.1. The zero-order chi connectivity index (χ0) is 18.1. The van der Waals surface area contributed by atoms with E-state index < -0.39 is 0 Å². The third-order valence-corrected chi connectivity index (χ3v) is 4.43. The van der Waals surface area contributed by atoms with Crippen LogP contribution >= 0.6 is 0 Å². The second-order valence-electron chi connectivity index (χ2n) is 6.04. The van der Waals surface area contributed by atoms with Gasteiger partial charge in [-0.1, -0.05) is 18.2 Å². The molecule has 5 nitrogen and oxygen atoms in total. The van der Waals surface area contributed by atoms with Gasteiger partial charge >= 0.3 is 0 Å². The topological polar surface area (TPSA) is 67.0 Å². The van der Waals surface area contributed by atoms with Gasteiger partial charge in [0.05, 0.1) is 18.3 Å². The van der Waals surface area contributed by atoms with Gasteiger partial charge in [0.1, 0.15) is 11.4 Å². The second-order valence-corrected chi connectivity index (χ2v) is 6.04. The molecule has 5 heteroatoms. The molecule has 4 rings (SSSR count). The van der Waals surface area contributed by atoms with Gasteiger partial charge in [0.2, 0.25) is 0 Å². The quantitative estimate of drug-likeness (QED) is 0.584. The van der Waals surface area contributed by atoms with E-state index in [1.165, 1.54) is 0 Å². The highest BCUT2D eigenvalue weighted by Gasteiger charge is 2.16. The highest BCUT2D eigenvalue weighted by molar-refractivity contribution is 6.13. The predicted molar refractivity (Wildman–Crippen MR) is 104 cm³/mol. The molecule has 0 saturated heterocycles. The number of hydrogen-bond donors (Lipinski definition) is 2. The predicted octanol–water partition coefficient (Wildman–Crippen LogP) is 4.14. The molecule has 26 heavy (non-hydrogen) atoms. The summed E-state index contributed by atoms with van der Waals surface area (Å²) in [6.07, 6.45) is 0. The zero-order valence-electron chi connectivity index (χ0n) is 14.7. The first-order valence-electron chi connectivity index (χ1n) is 8.55. The summed E-state index contributed by atoms with van der Waals surface area (Å²) in [6.45, 7) is 2.46. The van der Waals surface area contributed by atoms with Crippen LogP contribution in [0.5, 0.6) is 5.75 Å². The fraction of sp³-hybridized carbons (Fsp3) is 0.143. The van der Waals surface area contributed by atoms with Crippen LogP contribution in [-0.2, 0) is 0 Å². The van der Waals surface area contributed by atoms with Gasteiger partial charge in [-0.15, -0.1) is 0 Å². The zero-order valence-corrected chi connectivity index (χ0v) is 14.7. The Labute approximate surface area is 151 Å². The largest absolute Gasteiger partial charge is 0.497 e. The molecule has 0 fully saturated rings. The monoisotopic (exact) mass is 345 g/mol. The number of aromatic nitrogens is 2. The number of aromatic amines is 1. The highest BCUT2D eigenvalue weighted by Crippen LogP contribution is 2.33. The number of benzene rings is 2. The molecule has 0 atom stereocenters. The standard InChI is InChI=1S/C21H19N3O2/c1-3-22-21(25)18-12-16-15-6-4-5-7-17(15)23-20(16)19(24-18)13-8-10-14(26-2)11-9-13/h4-12,23H,3H2,1-2H3,(H,22,25). The Kier molecular flexibility index (Phi) is 4.05. The molecule has 2 aromatic heterocycles. The van der Waals surface area contributed by atoms with E-state index >= 15 is 0 Å². The first kappa shape index (κ1) is 16.1. The van der Waals surface area contributed by atoms with Gasteiger partial charge in [-0.05, 0) is 43.3 Å². The van der Waals surface area contributed by atoms with Crippen LogP contribution in [0, 0.1) is 0 Å². The highest BCUT2D eigenvalue weighted by atomic mass is 16.5. The number of amides is 1. The van der Waals surface area contributed by atoms with Crippen molar-refractivity contribution in [2.75, 3.05) is 13.7 Å². The van der Waals surface area contributed by atoms with E-state index in [0.717, 1.165) is 38.8 Å². The summed E-state index contributed by atoms with van der Waals surface area (Å²) in [5, 5.41) is 4.89. The van der Waals surface area contributed by atoms with Gasteiger partial charge in [-0.25, -0.2) is 4.98 Å². The molecule has 2 aromatic carbocycles. The molecule has 1 amide bonds. The summed E-state index contributed by atoms with van der Waals surface area (Å²) < 4.78 is 5.24. The van der Waals surface area contributed by atoms with E-state index in [0.29, 0.717) is 12.2 Å². The third-order valence-electron chi connectivity index (χ3n) is 4.43. The smallest absolute Gasteiger partial charge is 0.269 e. The number of methoxy groups -OCH3 is 1. The van der Waals surface area contributed by atoms with Crippen LogP contribution in [0.25, 0.3) is 33.1 Å². The maximum Gasteiger partial charge on any atom is 0.269 e. The van der Waals surface area contributed by atoms with Crippen LogP contribution in [0.4, 0.5) is 0 Å². The molecule has 4 aromatic rings. The average Bonchev–Trinajstić information content (AvgIpc) is 3.06. The lowest BCUT2D eigenvalue weighted by molar-refractivity contribution is 0.0951. The lowest BCUT2D eigenvalue weighted by Crippen LogP contribution is -2.23. The Balaban J connectivity index is 2.00. The van der Waals surface area contributed by atoms with Crippen molar-refractivity contribution in [3.63, 3.8) is 0 Å². The Morgan fingerprint density at radius 2 is 1.88 bits per heavy atom. The number of ether oxygens (including phenoxy) is 1. The fourth-order valence-corrected chi connectivity index (χ4v) is 3.17. The summed E-state index contributed by atoms with van der Waals surface area (Å²) in [4.78, 5) is 20.5. The molecule has 0 bridgehead atoms. The molecule has 130 valence electrons. The van der Waals surface area contributed by atoms with Gasteiger partial charge in [0, 0.05) is 28.4 Å². The SMILES string of the molecule is CCNC(=O)c1cc2c([nH]c3ccccc32)c(-c2ccc(OC)cc2)n1. The number of para-hydroxylation sites is 1. The minimum atomic E-state index is -0.172. The molecule has 2 heterocycles. The van der Waals surface area contributed by atoms with Crippen LogP contribution in [0.1, 0.15) is 17.4 Å². The Morgan fingerprint density at radius 1 is 1.12 bits per heavy atom. The number of pyridine rings is 1. The van der Waals surface area contributed by atoms with E-state index in [9.17, 15) is 4.79 Å². The van der Waals surface area contributed by atoms with Crippen LogP contribution in [0.3, 0.4) is 0 Å². The van der Waals surface area contributed by atoms with Gasteiger partial charge in [0.15, 0.2) is 0 Å². The number of rotatable bonds is 4. The first-order chi connectivity index (χ1) is 12.7. The van der Waals surface area contributed by atoms with Crippen molar-refractivity contribution in [3.05, 3.63) is 60.3 Å². The van der Waals surface area contributed by atoms with E-state index in [1.54, 1.807) is 7.11 Å². The Hall–Kier alpha value is -3.34. The van der Waals surface area contributed by atoms with E-state index in [1.807, 2.05) is 61.5 Å². The molecule has 0 aliphatic carbocycles. The van der Waals surface area contributed by atoms with Crippen molar-refractivity contribution < 1.29 is 9.53 Å². The molecular weight excluding hydrogens is 326 g/mol. The minimum absolute atomic E-state index is 0.172. The Morgan fingerprint density at radius 3 is 2.62 bits per heavy atom. The number of fused-ring (bicyclic) bond motifs is 3. The maximum atomic E-state index is 12.4. The molecule has 0 aliphatic rings. The van der Waals surface area contributed by atoms with Crippen LogP contribution < -0.4 is 10.1 Å². The summed E-state index contributed by atoms with van der Waals surface area (Å²) >= 11 is 0. The average molecular weight is 345 g/mol. The number of nitrogens with zero attached hydrogens (tertiary/aromatic N) is 1. The maximum absolute atomic E-state index is 12.4. The van der Waals surface area contributed by atoms with Gasteiger partial charge < -0.3 is 15.0 Å². The van der Waals surface area contributed by atoms with Gasteiger partial charge in [0.25, 0.3) is 5.91 Å². The van der Waals surface area contributed by atoms with Crippen molar-refractivity contribution in [1.82, 2.24) is 15.3 Å². The summed E-state index contributed by atoms with van der Waals surface area (Å²) in [5.41, 5.74) is 4.03. The normalized spacial score (nSPS) is 11.0. The molecule has 0 saturated carbocycles. The number of nitrogens with one attached hydrogen (secondary N) is 2. The molecule has 0 radical (unpaired) electrons. The third kappa shape index (κ3) is 2.67. The summed E-state index contributed by atoms with van der Waals surface area (Å²) in [7, 11) is 1.64. The minimum Gasteiger partial charge on any atom is -0.497 e. The van der Waals surface area contributed by atoms with Crippen LogP contribution in [0.15, 0.2) is 54.6 Å². The van der Waals surface area contributed by atoms with Crippen LogP contribution in [-0.4, -0.2) is 29.5 Å². The van der Waals surface area contributed by atoms with Crippen molar-refractivity contribution in [3.8, 4) is 17.0 Å². The molecule has 0 aliphatic heterocycles. The van der Waals surface area contributed by atoms with Crippen molar-refractivity contribution in [2.24, 2.45) is 0 Å².